The number of hydrogen-bond acceptors (Lipinski definition) is 6. The Hall–Kier alpha value is -1.93. The van der Waals surface area contributed by atoms with Crippen LogP contribution in [0.3, 0.4) is 0 Å². The van der Waals surface area contributed by atoms with Gasteiger partial charge in [-0.05, 0) is 45.4 Å². The van der Waals surface area contributed by atoms with Gasteiger partial charge >= 0.3 is 0 Å². The fourth-order valence-corrected chi connectivity index (χ4v) is 3.77. The third-order valence-electron chi connectivity index (χ3n) is 5.34. The number of hydrogen-bond donors (Lipinski definition) is 3. The lowest BCUT2D eigenvalue weighted by atomic mass is 9.89. The molecule has 1 aromatic heterocycles. The Bertz CT molecular complexity index is 648. The van der Waals surface area contributed by atoms with E-state index in [1.165, 1.54) is 0 Å². The molecule has 1 unspecified atom stereocenters. The summed E-state index contributed by atoms with van der Waals surface area (Å²) in [5.41, 5.74) is 5.98. The number of rotatable bonds is 8. The third-order valence-corrected chi connectivity index (χ3v) is 5.34. The number of carbonyl (C=O) groups excluding carboxylic acids is 2. The first-order valence-electron chi connectivity index (χ1n) is 9.91. The summed E-state index contributed by atoms with van der Waals surface area (Å²) >= 11 is 0. The minimum atomic E-state index is -0.191. The number of amides is 2. The molecule has 2 aliphatic carbocycles. The number of aliphatic hydroxyl groups is 1. The van der Waals surface area contributed by atoms with Gasteiger partial charge < -0.3 is 25.6 Å². The van der Waals surface area contributed by atoms with Crippen LogP contribution in [0, 0.1) is 0 Å². The summed E-state index contributed by atoms with van der Waals surface area (Å²) in [6, 6.07) is 1.74. The Morgan fingerprint density at radius 3 is 2.63 bits per heavy atom. The van der Waals surface area contributed by atoms with Crippen molar-refractivity contribution >= 4 is 11.8 Å². The summed E-state index contributed by atoms with van der Waals surface area (Å²) in [6.45, 7) is 1.99. The molecule has 1 aromatic rings. The number of nitrogens with two attached hydrogens (primary N) is 1. The summed E-state index contributed by atoms with van der Waals surface area (Å²) < 4.78 is 5.30. The molecule has 3 rings (SSSR count). The Morgan fingerprint density at radius 2 is 2.04 bits per heavy atom. The first-order valence-corrected chi connectivity index (χ1v) is 9.91. The van der Waals surface area contributed by atoms with Crippen LogP contribution in [0.1, 0.15) is 74.0 Å². The van der Waals surface area contributed by atoms with Crippen LogP contribution < -0.4 is 11.1 Å². The number of aliphatic hydroxyl groups excluding tert-OH is 1. The lowest BCUT2D eigenvalue weighted by molar-refractivity contribution is -0.122. The maximum Gasteiger partial charge on any atom is 0.276 e. The van der Waals surface area contributed by atoms with E-state index in [1.54, 1.807) is 11.0 Å². The number of nitrogens with one attached hydrogen (secondary N) is 1. The van der Waals surface area contributed by atoms with Gasteiger partial charge in [-0.25, -0.2) is 0 Å². The molecule has 2 amide bonds. The van der Waals surface area contributed by atoms with Gasteiger partial charge in [0.15, 0.2) is 5.69 Å². The van der Waals surface area contributed by atoms with Gasteiger partial charge in [-0.2, -0.15) is 0 Å². The monoisotopic (exact) mass is 378 g/mol. The zero-order chi connectivity index (χ0) is 19.4. The van der Waals surface area contributed by atoms with Gasteiger partial charge in [0.25, 0.3) is 5.91 Å². The van der Waals surface area contributed by atoms with E-state index in [1.807, 2.05) is 6.92 Å². The molecule has 8 heteroatoms. The molecule has 8 nitrogen and oxygen atoms in total. The Balaban J connectivity index is 1.55. The van der Waals surface area contributed by atoms with Crippen molar-refractivity contribution in [3.63, 3.8) is 0 Å². The summed E-state index contributed by atoms with van der Waals surface area (Å²) in [5, 5.41) is 16.4. The Kier molecular flexibility index (Phi) is 6.49. The van der Waals surface area contributed by atoms with Crippen molar-refractivity contribution < 1.29 is 19.2 Å². The third kappa shape index (κ3) is 5.29. The molecule has 0 aromatic carbocycles. The predicted molar refractivity (Wildman–Crippen MR) is 99.1 cm³/mol. The van der Waals surface area contributed by atoms with Crippen LogP contribution in [0.4, 0.5) is 0 Å². The van der Waals surface area contributed by atoms with E-state index in [0.717, 1.165) is 44.3 Å². The standard InChI is InChI=1S/C19H30N4O4/c1-12(20)10-18(25)21-14-4-6-15(7-5-14)23(8-9-24)19(26)16-11-17(27-22-16)13-2-3-13/h11-15,24H,2-10,20H2,1H3,(H,21,25). The molecule has 150 valence electrons. The summed E-state index contributed by atoms with van der Waals surface area (Å²) in [7, 11) is 0. The van der Waals surface area contributed by atoms with Crippen LogP contribution in [-0.2, 0) is 4.79 Å². The normalized spacial score (nSPS) is 23.7. The Morgan fingerprint density at radius 1 is 1.33 bits per heavy atom. The van der Waals surface area contributed by atoms with Crippen molar-refractivity contribution in [1.82, 2.24) is 15.4 Å². The van der Waals surface area contributed by atoms with Gasteiger partial charge in [0.05, 0.1) is 6.61 Å². The molecule has 1 heterocycles. The molecule has 2 saturated carbocycles. The quantitative estimate of drug-likeness (QED) is 0.624. The zero-order valence-electron chi connectivity index (χ0n) is 15.9. The predicted octanol–water partition coefficient (Wildman–Crippen LogP) is 1.15. The average molecular weight is 378 g/mol. The highest BCUT2D eigenvalue weighted by atomic mass is 16.5. The summed E-state index contributed by atoms with van der Waals surface area (Å²) in [4.78, 5) is 26.5. The molecule has 2 fully saturated rings. The maximum atomic E-state index is 12.9. The first-order chi connectivity index (χ1) is 13.0. The number of aromatic nitrogens is 1. The van der Waals surface area contributed by atoms with E-state index >= 15 is 0 Å². The highest BCUT2D eigenvalue weighted by Gasteiger charge is 2.33. The van der Waals surface area contributed by atoms with Crippen LogP contribution >= 0.6 is 0 Å². The molecule has 0 radical (unpaired) electrons. The van der Waals surface area contributed by atoms with E-state index in [2.05, 4.69) is 10.5 Å². The van der Waals surface area contributed by atoms with Gasteiger partial charge in [-0.15, -0.1) is 0 Å². The molecule has 1 atom stereocenters. The first kappa shape index (κ1) is 19.8. The van der Waals surface area contributed by atoms with Crippen LogP contribution in [0.2, 0.25) is 0 Å². The summed E-state index contributed by atoms with van der Waals surface area (Å²) in [5.74, 6) is 0.972. The maximum absolute atomic E-state index is 12.9. The fraction of sp³-hybridized carbons (Fsp3) is 0.737. The second-order valence-corrected chi connectivity index (χ2v) is 7.87. The van der Waals surface area contributed by atoms with Crippen molar-refractivity contribution in [1.29, 1.82) is 0 Å². The van der Waals surface area contributed by atoms with Gasteiger partial charge in [0.1, 0.15) is 5.76 Å². The van der Waals surface area contributed by atoms with Gasteiger partial charge in [0, 0.05) is 43.1 Å². The van der Waals surface area contributed by atoms with Gasteiger partial charge in [-0.1, -0.05) is 5.16 Å². The molecule has 0 bridgehead atoms. The topological polar surface area (TPSA) is 122 Å². The van der Waals surface area contributed by atoms with Crippen molar-refractivity contribution in [3.8, 4) is 0 Å². The van der Waals surface area contributed by atoms with Crippen molar-refractivity contribution in [2.24, 2.45) is 5.73 Å². The van der Waals surface area contributed by atoms with Crippen LogP contribution in [0.5, 0.6) is 0 Å². The lowest BCUT2D eigenvalue weighted by Gasteiger charge is -2.36. The second-order valence-electron chi connectivity index (χ2n) is 7.87. The van der Waals surface area contributed by atoms with E-state index < -0.39 is 0 Å². The van der Waals surface area contributed by atoms with E-state index in [0.29, 0.717) is 18.0 Å². The van der Waals surface area contributed by atoms with Crippen molar-refractivity contribution in [2.45, 2.75) is 75.9 Å². The van der Waals surface area contributed by atoms with Gasteiger partial charge in [0.2, 0.25) is 5.91 Å². The molecule has 2 aliphatic rings. The van der Waals surface area contributed by atoms with Crippen molar-refractivity contribution in [2.75, 3.05) is 13.2 Å². The molecule has 27 heavy (non-hydrogen) atoms. The SMILES string of the molecule is CC(N)CC(=O)NC1CCC(N(CCO)C(=O)c2cc(C3CC3)on2)CC1. The molecule has 0 spiro atoms. The highest BCUT2D eigenvalue weighted by molar-refractivity contribution is 5.92. The van der Waals surface area contributed by atoms with Crippen LogP contribution in [0.25, 0.3) is 0 Å². The minimum Gasteiger partial charge on any atom is -0.395 e. The highest BCUT2D eigenvalue weighted by Crippen LogP contribution is 2.40. The van der Waals surface area contributed by atoms with Crippen LogP contribution in [0.15, 0.2) is 10.6 Å². The van der Waals surface area contributed by atoms with E-state index in [4.69, 9.17) is 10.3 Å². The number of carbonyl (C=O) groups is 2. The lowest BCUT2D eigenvalue weighted by Crippen LogP contribution is -2.47. The fourth-order valence-electron chi connectivity index (χ4n) is 3.77. The van der Waals surface area contributed by atoms with Crippen molar-refractivity contribution in [3.05, 3.63) is 17.5 Å². The molecule has 4 N–H and O–H groups in total. The largest absolute Gasteiger partial charge is 0.395 e. The zero-order valence-corrected chi connectivity index (χ0v) is 15.9. The molecular weight excluding hydrogens is 348 g/mol. The van der Waals surface area contributed by atoms with E-state index in [-0.39, 0.29) is 43.1 Å². The Labute approximate surface area is 159 Å². The molecule has 0 aliphatic heterocycles. The minimum absolute atomic E-state index is 0.0213. The van der Waals surface area contributed by atoms with Crippen LogP contribution in [-0.4, -0.2) is 58.3 Å². The molecular formula is C19H30N4O4. The smallest absolute Gasteiger partial charge is 0.276 e. The van der Waals surface area contributed by atoms with Gasteiger partial charge in [-0.3, -0.25) is 9.59 Å². The van der Waals surface area contributed by atoms with E-state index in [9.17, 15) is 14.7 Å². The average Bonchev–Trinajstić information content (AvgIpc) is 3.36. The summed E-state index contributed by atoms with van der Waals surface area (Å²) in [6.07, 6.45) is 5.66. The number of nitrogens with zero attached hydrogens (tertiary/aromatic N) is 2. The second kappa shape index (κ2) is 8.84. The molecule has 0 saturated heterocycles.